The molecule has 33 heavy (non-hydrogen) atoms. The van der Waals surface area contributed by atoms with Gasteiger partial charge < -0.3 is 14.8 Å². The Kier molecular flexibility index (Phi) is 6.19. The molecule has 7 nitrogen and oxygen atoms in total. The Morgan fingerprint density at radius 1 is 0.788 bits per heavy atom. The third-order valence-electron chi connectivity index (χ3n) is 5.10. The molecule has 0 aliphatic carbocycles. The van der Waals surface area contributed by atoms with Crippen LogP contribution in [0.1, 0.15) is 10.4 Å². The van der Waals surface area contributed by atoms with Gasteiger partial charge in [0.2, 0.25) is 0 Å². The van der Waals surface area contributed by atoms with E-state index >= 15 is 0 Å². The molecule has 0 unspecified atom stereocenters. The van der Waals surface area contributed by atoms with Gasteiger partial charge in [0.15, 0.2) is 0 Å². The highest BCUT2D eigenvalue weighted by molar-refractivity contribution is 7.92. The van der Waals surface area contributed by atoms with Crippen molar-refractivity contribution in [2.75, 3.05) is 24.3 Å². The zero-order valence-electron chi connectivity index (χ0n) is 18.0. The molecule has 0 aliphatic heterocycles. The van der Waals surface area contributed by atoms with Crippen molar-refractivity contribution in [2.24, 2.45) is 0 Å². The van der Waals surface area contributed by atoms with E-state index in [1.54, 1.807) is 49.6 Å². The molecule has 0 heterocycles. The summed E-state index contributed by atoms with van der Waals surface area (Å²) in [5, 5.41) is 4.61. The molecule has 4 aromatic rings. The second-order valence-corrected chi connectivity index (χ2v) is 8.86. The zero-order chi connectivity index (χ0) is 23.4. The molecule has 4 aromatic carbocycles. The number of ether oxygens (including phenoxy) is 2. The molecule has 0 atom stereocenters. The number of sulfonamides is 1. The van der Waals surface area contributed by atoms with Crippen molar-refractivity contribution in [2.45, 2.75) is 4.90 Å². The van der Waals surface area contributed by atoms with E-state index in [1.807, 2.05) is 24.3 Å². The highest BCUT2D eigenvalue weighted by Crippen LogP contribution is 2.31. The molecule has 0 saturated carbocycles. The summed E-state index contributed by atoms with van der Waals surface area (Å²) in [5.74, 6) is 0.896. The number of fused-ring (bicyclic) bond motifs is 1. The highest BCUT2D eigenvalue weighted by atomic mass is 32.2. The first-order chi connectivity index (χ1) is 15.9. The topological polar surface area (TPSA) is 93.7 Å². The summed E-state index contributed by atoms with van der Waals surface area (Å²) >= 11 is 0. The van der Waals surface area contributed by atoms with Crippen molar-refractivity contribution in [1.82, 2.24) is 0 Å². The van der Waals surface area contributed by atoms with Crippen LogP contribution in [0, 0.1) is 0 Å². The third kappa shape index (κ3) is 4.75. The minimum absolute atomic E-state index is 0.0860. The summed E-state index contributed by atoms with van der Waals surface area (Å²) in [6, 6.07) is 23.5. The van der Waals surface area contributed by atoms with Gasteiger partial charge in [-0.15, -0.1) is 0 Å². The van der Waals surface area contributed by atoms with Crippen molar-refractivity contribution in [3.63, 3.8) is 0 Å². The molecule has 0 aromatic heterocycles. The fraction of sp³-hybridized carbons (Fsp3) is 0.0800. The van der Waals surface area contributed by atoms with Gasteiger partial charge in [-0.05, 0) is 54.6 Å². The number of hydrogen-bond acceptors (Lipinski definition) is 5. The van der Waals surface area contributed by atoms with Gasteiger partial charge in [-0.25, -0.2) is 8.42 Å². The smallest absolute Gasteiger partial charge is 0.261 e. The highest BCUT2D eigenvalue weighted by Gasteiger charge is 2.16. The van der Waals surface area contributed by atoms with E-state index in [1.165, 1.54) is 25.3 Å². The lowest BCUT2D eigenvalue weighted by Gasteiger charge is -2.13. The summed E-state index contributed by atoms with van der Waals surface area (Å²) in [6.07, 6.45) is 0. The van der Waals surface area contributed by atoms with Crippen LogP contribution in [0.4, 0.5) is 11.4 Å². The van der Waals surface area contributed by atoms with E-state index in [2.05, 4.69) is 10.0 Å². The lowest BCUT2D eigenvalue weighted by molar-refractivity contribution is 0.102. The van der Waals surface area contributed by atoms with E-state index in [-0.39, 0.29) is 16.5 Å². The number of nitrogens with one attached hydrogen (secondary N) is 2. The maximum absolute atomic E-state index is 12.9. The molecular formula is C25H22N2O5S. The van der Waals surface area contributed by atoms with E-state index in [0.717, 1.165) is 10.8 Å². The molecule has 0 aliphatic rings. The number of amides is 1. The maximum atomic E-state index is 12.9. The number of methoxy groups -OCH3 is 2. The predicted molar refractivity (Wildman–Crippen MR) is 129 cm³/mol. The van der Waals surface area contributed by atoms with Crippen LogP contribution >= 0.6 is 0 Å². The quantitative estimate of drug-likeness (QED) is 0.407. The first-order valence-electron chi connectivity index (χ1n) is 10.1. The largest absolute Gasteiger partial charge is 0.497 e. The van der Waals surface area contributed by atoms with Crippen molar-refractivity contribution in [3.8, 4) is 11.5 Å². The molecule has 0 spiro atoms. The minimum Gasteiger partial charge on any atom is -0.497 e. The molecule has 0 fully saturated rings. The summed E-state index contributed by atoms with van der Waals surface area (Å²) in [5.41, 5.74) is 1.21. The van der Waals surface area contributed by atoms with E-state index in [9.17, 15) is 13.2 Å². The van der Waals surface area contributed by atoms with Gasteiger partial charge in [0, 0.05) is 27.7 Å². The van der Waals surface area contributed by atoms with Crippen LogP contribution in [0.2, 0.25) is 0 Å². The number of carbonyl (C=O) groups is 1. The third-order valence-corrected chi connectivity index (χ3v) is 6.50. The van der Waals surface area contributed by atoms with E-state index < -0.39 is 10.0 Å². The van der Waals surface area contributed by atoms with Crippen molar-refractivity contribution in [3.05, 3.63) is 90.5 Å². The van der Waals surface area contributed by atoms with Crippen LogP contribution in [0.15, 0.2) is 89.8 Å². The molecule has 1 amide bonds. The van der Waals surface area contributed by atoms with Crippen molar-refractivity contribution < 1.29 is 22.7 Å². The molecule has 4 rings (SSSR count). The van der Waals surface area contributed by atoms with Crippen LogP contribution in [-0.2, 0) is 10.0 Å². The lowest BCUT2D eigenvalue weighted by atomic mass is 10.1. The fourth-order valence-corrected chi connectivity index (χ4v) is 4.50. The molecule has 8 heteroatoms. The fourth-order valence-electron chi connectivity index (χ4n) is 3.45. The predicted octanol–water partition coefficient (Wildman–Crippen LogP) is 4.91. The lowest BCUT2D eigenvalue weighted by Crippen LogP contribution is -2.15. The SMILES string of the molecule is COc1ccc(S(=O)(=O)Nc2cccc(C(=O)Nc3ccc(OC)c4ccccc34)c2)cc1. The Hall–Kier alpha value is -4.04. The van der Waals surface area contributed by atoms with Crippen LogP contribution in [0.25, 0.3) is 10.8 Å². The summed E-state index contributed by atoms with van der Waals surface area (Å²) in [7, 11) is -0.725. The zero-order valence-corrected chi connectivity index (χ0v) is 18.8. The van der Waals surface area contributed by atoms with Crippen LogP contribution < -0.4 is 19.5 Å². The van der Waals surface area contributed by atoms with Crippen LogP contribution in [-0.4, -0.2) is 28.5 Å². The van der Waals surface area contributed by atoms with Gasteiger partial charge in [-0.1, -0.05) is 30.3 Å². The molecule has 0 saturated heterocycles. The first-order valence-corrected chi connectivity index (χ1v) is 11.5. The molecule has 2 N–H and O–H groups in total. The van der Waals surface area contributed by atoms with Gasteiger partial charge in [-0.3, -0.25) is 9.52 Å². The molecular weight excluding hydrogens is 440 g/mol. The Balaban J connectivity index is 1.57. The Labute approximate surface area is 192 Å². The van der Waals surface area contributed by atoms with Crippen LogP contribution in [0.3, 0.4) is 0 Å². The standard InChI is InChI=1S/C25H22N2O5S/c1-31-19-10-12-20(13-11-19)33(29,30)27-18-7-5-6-17(16-18)25(28)26-23-14-15-24(32-2)22-9-4-3-8-21(22)23/h3-16,27H,1-2H3,(H,26,28). The number of benzene rings is 4. The summed E-state index contributed by atoms with van der Waals surface area (Å²) in [4.78, 5) is 13.0. The number of carbonyl (C=O) groups excluding carboxylic acids is 1. The van der Waals surface area contributed by atoms with Crippen molar-refractivity contribution in [1.29, 1.82) is 0 Å². The van der Waals surface area contributed by atoms with E-state index in [4.69, 9.17) is 9.47 Å². The van der Waals surface area contributed by atoms with Gasteiger partial charge in [0.05, 0.1) is 19.1 Å². The summed E-state index contributed by atoms with van der Waals surface area (Å²) < 4.78 is 38.4. The normalized spacial score (nSPS) is 11.1. The van der Waals surface area contributed by atoms with Crippen molar-refractivity contribution >= 4 is 38.1 Å². The average molecular weight is 463 g/mol. The number of rotatable bonds is 7. The first kappa shape index (κ1) is 22.2. The molecule has 168 valence electrons. The Morgan fingerprint density at radius 2 is 1.52 bits per heavy atom. The summed E-state index contributed by atoms with van der Waals surface area (Å²) in [6.45, 7) is 0. The van der Waals surface area contributed by atoms with Gasteiger partial charge >= 0.3 is 0 Å². The molecule has 0 bridgehead atoms. The second-order valence-electron chi connectivity index (χ2n) is 7.18. The molecule has 0 radical (unpaired) electrons. The van der Waals surface area contributed by atoms with Crippen LogP contribution in [0.5, 0.6) is 11.5 Å². The van der Waals surface area contributed by atoms with Gasteiger partial charge in [-0.2, -0.15) is 0 Å². The number of hydrogen-bond donors (Lipinski definition) is 2. The number of anilines is 2. The Morgan fingerprint density at radius 3 is 2.21 bits per heavy atom. The minimum atomic E-state index is -3.83. The maximum Gasteiger partial charge on any atom is 0.261 e. The van der Waals surface area contributed by atoms with Gasteiger partial charge in [0.25, 0.3) is 15.9 Å². The second kappa shape index (κ2) is 9.22. The Bertz CT molecular complexity index is 1420. The van der Waals surface area contributed by atoms with E-state index in [0.29, 0.717) is 22.7 Å². The average Bonchev–Trinajstić information content (AvgIpc) is 2.84. The van der Waals surface area contributed by atoms with Gasteiger partial charge in [0.1, 0.15) is 11.5 Å². The monoisotopic (exact) mass is 462 g/mol.